The van der Waals surface area contributed by atoms with Crippen LogP contribution < -0.4 is 5.32 Å². The van der Waals surface area contributed by atoms with Crippen LogP contribution in [0.1, 0.15) is 22.4 Å². The minimum absolute atomic E-state index is 0.0280. The molecule has 1 amide bonds. The molecular weight excluding hydrogens is 356 g/mol. The zero-order valence-corrected chi connectivity index (χ0v) is 17.0. The quantitative estimate of drug-likeness (QED) is 0.471. The molecule has 1 heterocycles. The highest BCUT2D eigenvalue weighted by atomic mass is 16.1. The van der Waals surface area contributed by atoms with Gasteiger partial charge in [0.2, 0.25) is 5.91 Å². The van der Waals surface area contributed by atoms with Crippen molar-refractivity contribution in [3.63, 3.8) is 0 Å². The summed E-state index contributed by atoms with van der Waals surface area (Å²) in [6, 6.07) is 24.4. The molecule has 0 radical (unpaired) electrons. The molecule has 144 valence electrons. The Kier molecular flexibility index (Phi) is 5.13. The van der Waals surface area contributed by atoms with Gasteiger partial charge in [-0.05, 0) is 54.7 Å². The predicted molar refractivity (Wildman–Crippen MR) is 120 cm³/mol. The molecule has 0 aliphatic rings. The minimum Gasteiger partial charge on any atom is -0.325 e. The summed E-state index contributed by atoms with van der Waals surface area (Å²) in [5.41, 5.74) is 8.02. The first-order chi connectivity index (χ1) is 14.0. The summed E-state index contributed by atoms with van der Waals surface area (Å²) in [7, 11) is 0. The van der Waals surface area contributed by atoms with Crippen LogP contribution in [0.15, 0.2) is 72.8 Å². The van der Waals surface area contributed by atoms with Gasteiger partial charge in [0.05, 0.1) is 11.9 Å². The molecule has 0 unspecified atom stereocenters. The number of hydrogen-bond donors (Lipinski definition) is 1. The van der Waals surface area contributed by atoms with Crippen LogP contribution in [0.25, 0.3) is 22.0 Å². The van der Waals surface area contributed by atoms with E-state index in [1.807, 2.05) is 75.4 Å². The number of aromatic nitrogens is 1. The molecule has 0 spiro atoms. The van der Waals surface area contributed by atoms with Crippen LogP contribution in [0.4, 0.5) is 5.69 Å². The van der Waals surface area contributed by atoms with Crippen molar-refractivity contribution in [2.24, 2.45) is 0 Å². The van der Waals surface area contributed by atoms with Crippen molar-refractivity contribution in [2.75, 3.05) is 5.32 Å². The van der Waals surface area contributed by atoms with E-state index >= 15 is 0 Å². The maximum Gasteiger partial charge on any atom is 0.228 e. The van der Waals surface area contributed by atoms with Gasteiger partial charge in [-0.2, -0.15) is 0 Å². The number of carbonyl (C=O) groups excluding carboxylic acids is 1. The first-order valence-electron chi connectivity index (χ1n) is 9.84. The van der Waals surface area contributed by atoms with E-state index in [9.17, 15) is 4.79 Å². The zero-order chi connectivity index (χ0) is 20.4. The number of rotatable bonds is 4. The minimum atomic E-state index is -0.0280. The van der Waals surface area contributed by atoms with E-state index in [0.717, 1.165) is 50.1 Å². The van der Waals surface area contributed by atoms with Crippen molar-refractivity contribution in [1.29, 1.82) is 0 Å². The fraction of sp³-hybridized carbons (Fsp3) is 0.154. The monoisotopic (exact) mass is 380 g/mol. The molecule has 4 aromatic rings. The van der Waals surface area contributed by atoms with Gasteiger partial charge in [-0.25, -0.2) is 0 Å². The summed E-state index contributed by atoms with van der Waals surface area (Å²) >= 11 is 0. The Morgan fingerprint density at radius 3 is 2.21 bits per heavy atom. The van der Waals surface area contributed by atoms with Crippen LogP contribution >= 0.6 is 0 Å². The number of para-hydroxylation sites is 2. The molecule has 0 aliphatic heterocycles. The van der Waals surface area contributed by atoms with Crippen LogP contribution in [0.5, 0.6) is 0 Å². The number of hydrogen-bond acceptors (Lipinski definition) is 2. The molecule has 1 N–H and O–H groups in total. The summed E-state index contributed by atoms with van der Waals surface area (Å²) in [5.74, 6) is -0.0280. The number of fused-ring (bicyclic) bond motifs is 1. The lowest BCUT2D eigenvalue weighted by Gasteiger charge is -2.17. The van der Waals surface area contributed by atoms with Gasteiger partial charge in [-0.15, -0.1) is 0 Å². The van der Waals surface area contributed by atoms with Crippen molar-refractivity contribution in [3.8, 4) is 11.1 Å². The van der Waals surface area contributed by atoms with Gasteiger partial charge in [-0.3, -0.25) is 9.78 Å². The lowest BCUT2D eigenvalue weighted by molar-refractivity contribution is -0.115. The summed E-state index contributed by atoms with van der Waals surface area (Å²) < 4.78 is 0. The van der Waals surface area contributed by atoms with Gasteiger partial charge < -0.3 is 5.32 Å². The van der Waals surface area contributed by atoms with E-state index in [-0.39, 0.29) is 12.3 Å². The largest absolute Gasteiger partial charge is 0.325 e. The summed E-state index contributed by atoms with van der Waals surface area (Å²) in [6.45, 7) is 6.02. The molecule has 1 aromatic heterocycles. The second kappa shape index (κ2) is 7.88. The molecule has 0 saturated carbocycles. The standard InChI is InChI=1S/C26H24N2O/c1-17-10-9-11-18(2)26(17)28-24(29)16-22-19(3)27-23-15-8-7-14-21(23)25(22)20-12-5-4-6-13-20/h4-15H,16H2,1-3H3,(H,28,29). The number of benzene rings is 3. The van der Waals surface area contributed by atoms with E-state index in [1.165, 1.54) is 0 Å². The van der Waals surface area contributed by atoms with Gasteiger partial charge in [-0.1, -0.05) is 66.7 Å². The number of nitrogens with zero attached hydrogens (tertiary/aromatic N) is 1. The molecule has 0 saturated heterocycles. The third kappa shape index (κ3) is 3.77. The van der Waals surface area contributed by atoms with Crippen LogP contribution in [0.2, 0.25) is 0 Å². The number of anilines is 1. The van der Waals surface area contributed by atoms with E-state index < -0.39 is 0 Å². The maximum absolute atomic E-state index is 13.0. The van der Waals surface area contributed by atoms with Crippen LogP contribution in [0, 0.1) is 20.8 Å². The Balaban J connectivity index is 1.79. The third-order valence-electron chi connectivity index (χ3n) is 5.35. The lowest BCUT2D eigenvalue weighted by Crippen LogP contribution is -2.17. The van der Waals surface area contributed by atoms with Gasteiger partial charge >= 0.3 is 0 Å². The van der Waals surface area contributed by atoms with E-state index in [4.69, 9.17) is 4.98 Å². The predicted octanol–water partition coefficient (Wildman–Crippen LogP) is 6.01. The molecule has 0 atom stereocenters. The highest BCUT2D eigenvalue weighted by molar-refractivity contribution is 6.00. The van der Waals surface area contributed by atoms with Crippen molar-refractivity contribution in [3.05, 3.63) is 95.2 Å². The van der Waals surface area contributed by atoms with Crippen molar-refractivity contribution in [2.45, 2.75) is 27.2 Å². The average Bonchev–Trinajstić information content (AvgIpc) is 2.72. The average molecular weight is 380 g/mol. The highest BCUT2D eigenvalue weighted by Crippen LogP contribution is 2.33. The second-order valence-corrected chi connectivity index (χ2v) is 7.43. The molecule has 0 fully saturated rings. The van der Waals surface area contributed by atoms with Gasteiger partial charge in [0, 0.05) is 16.8 Å². The second-order valence-electron chi connectivity index (χ2n) is 7.43. The van der Waals surface area contributed by atoms with Crippen molar-refractivity contribution in [1.82, 2.24) is 4.98 Å². The maximum atomic E-state index is 13.0. The van der Waals surface area contributed by atoms with Gasteiger partial charge in [0.15, 0.2) is 0 Å². The molecule has 0 bridgehead atoms. The lowest BCUT2D eigenvalue weighted by atomic mass is 9.92. The fourth-order valence-corrected chi connectivity index (χ4v) is 3.88. The van der Waals surface area contributed by atoms with E-state index in [0.29, 0.717) is 0 Å². The number of carbonyl (C=O) groups is 1. The molecule has 29 heavy (non-hydrogen) atoms. The molecule has 3 heteroatoms. The first kappa shape index (κ1) is 18.9. The normalized spacial score (nSPS) is 10.9. The van der Waals surface area contributed by atoms with Gasteiger partial charge in [0.1, 0.15) is 0 Å². The highest BCUT2D eigenvalue weighted by Gasteiger charge is 2.18. The van der Waals surface area contributed by atoms with Crippen molar-refractivity contribution >= 4 is 22.5 Å². The summed E-state index contributed by atoms with van der Waals surface area (Å²) in [5, 5.41) is 4.18. The van der Waals surface area contributed by atoms with E-state index in [1.54, 1.807) is 0 Å². The first-order valence-corrected chi connectivity index (χ1v) is 9.84. The Morgan fingerprint density at radius 2 is 1.48 bits per heavy atom. The zero-order valence-electron chi connectivity index (χ0n) is 17.0. The van der Waals surface area contributed by atoms with Crippen molar-refractivity contribution < 1.29 is 4.79 Å². The summed E-state index contributed by atoms with van der Waals surface area (Å²) in [6.07, 6.45) is 0.279. The Labute approximate surface area is 171 Å². The topological polar surface area (TPSA) is 42.0 Å². The number of amides is 1. The molecule has 4 rings (SSSR count). The molecule has 3 nitrogen and oxygen atoms in total. The van der Waals surface area contributed by atoms with Crippen LogP contribution in [0.3, 0.4) is 0 Å². The number of aryl methyl sites for hydroxylation is 3. The van der Waals surface area contributed by atoms with Crippen LogP contribution in [-0.4, -0.2) is 10.9 Å². The Morgan fingerprint density at radius 1 is 0.828 bits per heavy atom. The Hall–Kier alpha value is -3.46. The number of pyridine rings is 1. The number of nitrogens with one attached hydrogen (secondary N) is 1. The molecule has 3 aromatic carbocycles. The third-order valence-corrected chi connectivity index (χ3v) is 5.35. The summed E-state index contributed by atoms with van der Waals surface area (Å²) in [4.78, 5) is 17.8. The fourth-order valence-electron chi connectivity index (χ4n) is 3.88. The SMILES string of the molecule is Cc1cccc(C)c1NC(=O)Cc1c(C)nc2ccccc2c1-c1ccccc1. The Bertz CT molecular complexity index is 1180. The molecule has 0 aliphatic carbocycles. The molecular formula is C26H24N2O. The van der Waals surface area contributed by atoms with E-state index in [2.05, 4.69) is 23.5 Å². The van der Waals surface area contributed by atoms with Gasteiger partial charge in [0.25, 0.3) is 0 Å². The van der Waals surface area contributed by atoms with Crippen LogP contribution in [-0.2, 0) is 11.2 Å². The smallest absolute Gasteiger partial charge is 0.228 e.